The predicted octanol–water partition coefficient (Wildman–Crippen LogP) is 2.60. The van der Waals surface area contributed by atoms with Gasteiger partial charge in [-0.2, -0.15) is 0 Å². The molecule has 1 aromatic rings. The monoisotopic (exact) mass is 326 g/mol. The largest absolute Gasteiger partial charge is 0.352 e. The fourth-order valence-electron chi connectivity index (χ4n) is 1.07. The molecule has 0 atom stereocenters. The summed E-state index contributed by atoms with van der Waals surface area (Å²) in [5, 5.41) is 3.18. The third-order valence-electron chi connectivity index (χ3n) is 1.84. The van der Waals surface area contributed by atoms with Crippen LogP contribution in [-0.2, 0) is 0 Å². The van der Waals surface area contributed by atoms with Crippen LogP contribution in [0.25, 0.3) is 0 Å². The lowest BCUT2D eigenvalue weighted by Gasteiger charge is -2.06. The molecule has 0 fully saturated rings. The Kier molecular flexibility index (Phi) is 7.76. The first kappa shape index (κ1) is 15.7. The fourth-order valence-corrected chi connectivity index (χ4v) is 1.83. The average molecular weight is 328 g/mol. The Morgan fingerprint density at radius 2 is 2.19 bits per heavy atom. The van der Waals surface area contributed by atoms with E-state index in [1.807, 2.05) is 0 Å². The van der Waals surface area contributed by atoms with Crippen LogP contribution < -0.4 is 11.1 Å². The third-order valence-corrected chi connectivity index (χ3v) is 2.65. The quantitative estimate of drug-likeness (QED) is 0.835. The number of rotatable bonds is 4. The molecule has 0 radical (unpaired) electrons. The van der Waals surface area contributed by atoms with Crippen molar-refractivity contribution in [3.8, 4) is 0 Å². The van der Waals surface area contributed by atoms with E-state index in [0.717, 1.165) is 10.9 Å². The Balaban J connectivity index is 0.00000225. The molecule has 0 aromatic heterocycles. The van der Waals surface area contributed by atoms with Gasteiger partial charge in [-0.05, 0) is 31.2 Å². The van der Waals surface area contributed by atoms with Crippen LogP contribution >= 0.6 is 39.9 Å². The van der Waals surface area contributed by atoms with Gasteiger partial charge in [-0.15, -0.1) is 12.4 Å². The molecule has 90 valence electrons. The first-order valence-electron chi connectivity index (χ1n) is 4.58. The number of hydrogen-bond acceptors (Lipinski definition) is 2. The van der Waals surface area contributed by atoms with E-state index in [0.29, 0.717) is 23.7 Å². The van der Waals surface area contributed by atoms with Crippen LogP contribution in [-0.4, -0.2) is 19.0 Å². The van der Waals surface area contributed by atoms with Crippen LogP contribution in [0.15, 0.2) is 22.7 Å². The van der Waals surface area contributed by atoms with Gasteiger partial charge in [-0.1, -0.05) is 27.5 Å². The average Bonchev–Trinajstić information content (AvgIpc) is 2.17. The van der Waals surface area contributed by atoms with E-state index in [2.05, 4.69) is 21.2 Å². The summed E-state index contributed by atoms with van der Waals surface area (Å²) < 4.78 is 0.853. The Morgan fingerprint density at radius 1 is 1.50 bits per heavy atom. The number of carbonyl (C=O) groups is 1. The van der Waals surface area contributed by atoms with E-state index >= 15 is 0 Å². The summed E-state index contributed by atoms with van der Waals surface area (Å²) in [4.78, 5) is 11.6. The molecule has 0 aliphatic heterocycles. The first-order valence-corrected chi connectivity index (χ1v) is 5.75. The number of nitrogens with two attached hydrogens (primary N) is 1. The van der Waals surface area contributed by atoms with E-state index in [4.69, 9.17) is 17.3 Å². The predicted molar refractivity (Wildman–Crippen MR) is 72.4 cm³/mol. The number of hydrogen-bond donors (Lipinski definition) is 2. The van der Waals surface area contributed by atoms with Gasteiger partial charge in [0.05, 0.1) is 10.6 Å². The zero-order chi connectivity index (χ0) is 11.3. The maximum absolute atomic E-state index is 11.6. The van der Waals surface area contributed by atoms with Gasteiger partial charge in [0.1, 0.15) is 0 Å². The highest BCUT2D eigenvalue weighted by molar-refractivity contribution is 9.10. The molecule has 3 N–H and O–H groups in total. The molecule has 6 heteroatoms. The second-order valence-corrected chi connectivity index (χ2v) is 4.35. The summed E-state index contributed by atoms with van der Waals surface area (Å²) in [6.07, 6.45) is 0.764. The number of halogens is 3. The summed E-state index contributed by atoms with van der Waals surface area (Å²) in [6.45, 7) is 1.13. The minimum atomic E-state index is -0.166. The molecule has 1 aromatic carbocycles. The molecule has 1 rings (SSSR count). The summed E-state index contributed by atoms with van der Waals surface area (Å²) in [7, 11) is 0. The number of nitrogens with one attached hydrogen (secondary N) is 1. The molecule has 0 saturated carbocycles. The van der Waals surface area contributed by atoms with Crippen LogP contribution in [0.3, 0.4) is 0 Å². The highest BCUT2D eigenvalue weighted by Crippen LogP contribution is 2.21. The second-order valence-electron chi connectivity index (χ2n) is 3.02. The Hall–Kier alpha value is -0.290. The molecular weight excluding hydrogens is 315 g/mol. The fraction of sp³-hybridized carbons (Fsp3) is 0.300. The molecule has 3 nitrogen and oxygen atoms in total. The molecule has 0 aliphatic carbocycles. The summed E-state index contributed by atoms with van der Waals surface area (Å²) >= 11 is 9.20. The number of carbonyl (C=O) groups excluding carboxylic acids is 1. The Labute approximate surface area is 114 Å². The highest BCUT2D eigenvalue weighted by Gasteiger charge is 2.09. The highest BCUT2D eigenvalue weighted by atomic mass is 79.9. The molecule has 0 bridgehead atoms. The van der Waals surface area contributed by atoms with Crippen molar-refractivity contribution < 1.29 is 4.79 Å². The van der Waals surface area contributed by atoms with Gasteiger partial charge in [0, 0.05) is 11.0 Å². The summed E-state index contributed by atoms with van der Waals surface area (Å²) in [5.74, 6) is -0.166. The molecule has 0 unspecified atom stereocenters. The van der Waals surface area contributed by atoms with Crippen molar-refractivity contribution in [3.05, 3.63) is 33.3 Å². The smallest absolute Gasteiger partial charge is 0.252 e. The molecule has 0 saturated heterocycles. The number of amides is 1. The maximum Gasteiger partial charge on any atom is 0.252 e. The topological polar surface area (TPSA) is 55.1 Å². The summed E-state index contributed by atoms with van der Waals surface area (Å²) in [6, 6.07) is 5.16. The molecular formula is C10H13BrCl2N2O. The van der Waals surface area contributed by atoms with E-state index in [1.165, 1.54) is 0 Å². The lowest BCUT2D eigenvalue weighted by atomic mass is 10.2. The molecule has 16 heavy (non-hydrogen) atoms. The van der Waals surface area contributed by atoms with Crippen molar-refractivity contribution in [2.45, 2.75) is 6.42 Å². The SMILES string of the molecule is Cl.NCCCNC(=O)c1ccc(Br)cc1Cl. The van der Waals surface area contributed by atoms with Gasteiger partial charge < -0.3 is 11.1 Å². The van der Waals surface area contributed by atoms with Crippen molar-refractivity contribution >= 4 is 45.8 Å². The maximum atomic E-state index is 11.6. The van der Waals surface area contributed by atoms with Crippen molar-refractivity contribution in [2.24, 2.45) is 5.73 Å². The van der Waals surface area contributed by atoms with Crippen molar-refractivity contribution in [1.82, 2.24) is 5.32 Å². The van der Waals surface area contributed by atoms with Gasteiger partial charge in [0.15, 0.2) is 0 Å². The second kappa shape index (κ2) is 7.90. The van der Waals surface area contributed by atoms with Crippen molar-refractivity contribution in [1.29, 1.82) is 0 Å². The van der Waals surface area contributed by atoms with Crippen molar-refractivity contribution in [3.63, 3.8) is 0 Å². The molecule has 1 amide bonds. The lowest BCUT2D eigenvalue weighted by Crippen LogP contribution is -2.26. The molecule has 0 aliphatic rings. The van der Waals surface area contributed by atoms with E-state index < -0.39 is 0 Å². The van der Waals surface area contributed by atoms with Gasteiger partial charge >= 0.3 is 0 Å². The first-order chi connectivity index (χ1) is 7.15. The summed E-state index contributed by atoms with van der Waals surface area (Å²) in [5.41, 5.74) is 5.80. The zero-order valence-electron chi connectivity index (χ0n) is 8.50. The number of benzene rings is 1. The van der Waals surface area contributed by atoms with Gasteiger partial charge in [0.25, 0.3) is 5.91 Å². The normalized spacial score (nSPS) is 9.44. The van der Waals surface area contributed by atoms with E-state index in [1.54, 1.807) is 18.2 Å². The van der Waals surface area contributed by atoms with E-state index in [-0.39, 0.29) is 18.3 Å². The van der Waals surface area contributed by atoms with Gasteiger partial charge in [0.2, 0.25) is 0 Å². The minimum absolute atomic E-state index is 0. The van der Waals surface area contributed by atoms with Crippen LogP contribution in [0.5, 0.6) is 0 Å². The van der Waals surface area contributed by atoms with Crippen LogP contribution in [0.4, 0.5) is 0 Å². The van der Waals surface area contributed by atoms with E-state index in [9.17, 15) is 4.79 Å². The van der Waals surface area contributed by atoms with Crippen LogP contribution in [0.1, 0.15) is 16.8 Å². The Morgan fingerprint density at radius 3 is 2.75 bits per heavy atom. The third kappa shape index (κ3) is 4.70. The van der Waals surface area contributed by atoms with Crippen molar-refractivity contribution in [2.75, 3.05) is 13.1 Å². The Bertz CT molecular complexity index is 361. The van der Waals surface area contributed by atoms with Gasteiger partial charge in [-0.25, -0.2) is 0 Å². The van der Waals surface area contributed by atoms with Crippen LogP contribution in [0, 0.1) is 0 Å². The minimum Gasteiger partial charge on any atom is -0.352 e. The standard InChI is InChI=1S/C10H12BrClN2O.ClH/c11-7-2-3-8(9(12)6-7)10(15)14-5-1-4-13;/h2-3,6H,1,4-5,13H2,(H,14,15);1H. The molecule has 0 heterocycles. The molecule has 0 spiro atoms. The lowest BCUT2D eigenvalue weighted by molar-refractivity contribution is 0.0953. The zero-order valence-corrected chi connectivity index (χ0v) is 11.7. The van der Waals surface area contributed by atoms with Crippen LogP contribution in [0.2, 0.25) is 5.02 Å². The van der Waals surface area contributed by atoms with Gasteiger partial charge in [-0.3, -0.25) is 4.79 Å².